The fourth-order valence-corrected chi connectivity index (χ4v) is 2.81. The Kier molecular flexibility index (Phi) is 4.92. The summed E-state index contributed by atoms with van der Waals surface area (Å²) in [5.41, 5.74) is 1.44. The molecule has 1 aromatic rings. The highest BCUT2D eigenvalue weighted by Crippen LogP contribution is 2.23. The molecule has 1 N–H and O–H groups in total. The summed E-state index contributed by atoms with van der Waals surface area (Å²) >= 11 is 0. The third kappa shape index (κ3) is 4.35. The predicted molar refractivity (Wildman–Crippen MR) is 83.7 cm³/mol. The average Bonchev–Trinajstić information content (AvgIpc) is 2.93. The largest absolute Gasteiger partial charge is 0.465 e. The molecule has 1 saturated heterocycles. The molecule has 0 saturated carbocycles. The molecule has 2 heterocycles. The molecule has 20 heavy (non-hydrogen) atoms. The summed E-state index contributed by atoms with van der Waals surface area (Å²) in [5.74, 6) is 3.06. The Bertz CT molecular complexity index is 431. The van der Waals surface area contributed by atoms with Crippen LogP contribution < -0.4 is 5.32 Å². The van der Waals surface area contributed by atoms with Gasteiger partial charge in [-0.05, 0) is 52.6 Å². The summed E-state index contributed by atoms with van der Waals surface area (Å²) in [6.45, 7) is 15.2. The third-order valence-electron chi connectivity index (χ3n) is 4.21. The average molecular weight is 278 g/mol. The van der Waals surface area contributed by atoms with Gasteiger partial charge in [-0.25, -0.2) is 0 Å². The van der Waals surface area contributed by atoms with Crippen LogP contribution in [0.3, 0.4) is 0 Å². The number of aryl methyl sites for hydroxylation is 1. The van der Waals surface area contributed by atoms with Gasteiger partial charge in [0.2, 0.25) is 0 Å². The SMILES string of the molecule is CCC1CCN(Cc2cc(CNC(C)(C)C)c(C)o2)C1. The lowest BCUT2D eigenvalue weighted by Crippen LogP contribution is -2.35. The zero-order valence-electron chi connectivity index (χ0n) is 13.8. The van der Waals surface area contributed by atoms with Crippen LogP contribution in [0.2, 0.25) is 0 Å². The van der Waals surface area contributed by atoms with Crippen molar-refractivity contribution < 1.29 is 4.42 Å². The zero-order valence-corrected chi connectivity index (χ0v) is 13.8. The van der Waals surface area contributed by atoms with Crippen LogP contribution >= 0.6 is 0 Å². The fourth-order valence-electron chi connectivity index (χ4n) is 2.81. The summed E-state index contributed by atoms with van der Waals surface area (Å²) in [5, 5.41) is 3.53. The Balaban J connectivity index is 1.90. The lowest BCUT2D eigenvalue weighted by atomic mass is 10.1. The summed E-state index contributed by atoms with van der Waals surface area (Å²) in [4.78, 5) is 2.52. The van der Waals surface area contributed by atoms with Crippen molar-refractivity contribution in [1.82, 2.24) is 10.2 Å². The van der Waals surface area contributed by atoms with Crippen molar-refractivity contribution in [2.45, 2.75) is 66.1 Å². The fraction of sp³-hybridized carbons (Fsp3) is 0.765. The molecule has 1 aliphatic heterocycles. The highest BCUT2D eigenvalue weighted by molar-refractivity contribution is 5.21. The molecule has 0 spiro atoms. The molecule has 1 aromatic heterocycles. The van der Waals surface area contributed by atoms with Crippen LogP contribution in [0.4, 0.5) is 0 Å². The first kappa shape index (κ1) is 15.6. The van der Waals surface area contributed by atoms with Crippen LogP contribution in [-0.2, 0) is 13.1 Å². The summed E-state index contributed by atoms with van der Waals surface area (Å²) in [7, 11) is 0. The molecule has 114 valence electrons. The second-order valence-corrected chi connectivity index (χ2v) is 7.20. The topological polar surface area (TPSA) is 28.4 Å². The van der Waals surface area contributed by atoms with Crippen LogP contribution in [-0.4, -0.2) is 23.5 Å². The number of hydrogen-bond donors (Lipinski definition) is 1. The molecule has 1 unspecified atom stereocenters. The predicted octanol–water partition coefficient (Wildman–Crippen LogP) is 3.71. The van der Waals surface area contributed by atoms with Crippen LogP contribution in [0.1, 0.15) is 57.6 Å². The quantitative estimate of drug-likeness (QED) is 0.890. The van der Waals surface area contributed by atoms with E-state index in [1.165, 1.54) is 31.5 Å². The Labute approximate surface area is 123 Å². The summed E-state index contributed by atoms with van der Waals surface area (Å²) in [6, 6.07) is 2.23. The number of hydrogen-bond acceptors (Lipinski definition) is 3. The van der Waals surface area contributed by atoms with E-state index in [-0.39, 0.29) is 5.54 Å². The van der Waals surface area contributed by atoms with Gasteiger partial charge in [-0.2, -0.15) is 0 Å². The number of nitrogens with zero attached hydrogens (tertiary/aromatic N) is 1. The molecule has 0 bridgehead atoms. The maximum Gasteiger partial charge on any atom is 0.118 e. The van der Waals surface area contributed by atoms with Crippen molar-refractivity contribution >= 4 is 0 Å². The Morgan fingerprint density at radius 2 is 2.15 bits per heavy atom. The van der Waals surface area contributed by atoms with Crippen LogP contribution in [0.25, 0.3) is 0 Å². The highest BCUT2D eigenvalue weighted by Gasteiger charge is 2.22. The van der Waals surface area contributed by atoms with Gasteiger partial charge >= 0.3 is 0 Å². The zero-order chi connectivity index (χ0) is 14.8. The van der Waals surface area contributed by atoms with Gasteiger partial charge in [-0.1, -0.05) is 13.3 Å². The minimum absolute atomic E-state index is 0.146. The molecule has 0 amide bonds. The van der Waals surface area contributed by atoms with E-state index in [0.717, 1.165) is 30.5 Å². The number of nitrogens with one attached hydrogen (secondary N) is 1. The molecule has 3 nitrogen and oxygen atoms in total. The van der Waals surface area contributed by atoms with Gasteiger partial charge in [0.1, 0.15) is 11.5 Å². The van der Waals surface area contributed by atoms with E-state index in [1.54, 1.807) is 0 Å². The molecule has 0 radical (unpaired) electrons. The van der Waals surface area contributed by atoms with E-state index >= 15 is 0 Å². The summed E-state index contributed by atoms with van der Waals surface area (Å²) < 4.78 is 5.93. The van der Waals surface area contributed by atoms with Gasteiger partial charge in [0.15, 0.2) is 0 Å². The molecule has 0 aromatic carbocycles. The van der Waals surface area contributed by atoms with Crippen LogP contribution in [0.5, 0.6) is 0 Å². The van der Waals surface area contributed by atoms with Crippen LogP contribution in [0, 0.1) is 12.8 Å². The smallest absolute Gasteiger partial charge is 0.118 e. The first-order valence-electron chi connectivity index (χ1n) is 7.93. The lowest BCUT2D eigenvalue weighted by molar-refractivity contribution is 0.283. The molecule has 1 fully saturated rings. The standard InChI is InChI=1S/C17H30N2O/c1-6-14-7-8-19(11-14)12-16-9-15(13(2)20-16)10-18-17(3,4)5/h9,14,18H,6-8,10-12H2,1-5H3. The molecule has 0 aliphatic carbocycles. The Morgan fingerprint density at radius 3 is 2.75 bits per heavy atom. The maximum absolute atomic E-state index is 5.93. The minimum atomic E-state index is 0.146. The molecular formula is C17H30N2O. The minimum Gasteiger partial charge on any atom is -0.465 e. The van der Waals surface area contributed by atoms with Gasteiger partial charge in [-0.3, -0.25) is 4.90 Å². The molecule has 3 heteroatoms. The van der Waals surface area contributed by atoms with Crippen LogP contribution in [0.15, 0.2) is 10.5 Å². The number of rotatable bonds is 5. The van der Waals surface area contributed by atoms with Gasteiger partial charge in [0.05, 0.1) is 6.54 Å². The first-order chi connectivity index (χ1) is 9.37. The van der Waals surface area contributed by atoms with Crippen molar-refractivity contribution in [1.29, 1.82) is 0 Å². The molecular weight excluding hydrogens is 248 g/mol. The van der Waals surface area contributed by atoms with E-state index in [2.05, 4.69) is 50.9 Å². The van der Waals surface area contributed by atoms with E-state index in [4.69, 9.17) is 4.42 Å². The Morgan fingerprint density at radius 1 is 1.40 bits per heavy atom. The van der Waals surface area contributed by atoms with E-state index in [9.17, 15) is 0 Å². The monoisotopic (exact) mass is 278 g/mol. The van der Waals surface area contributed by atoms with E-state index in [1.807, 2.05) is 0 Å². The normalized spacial score (nSPS) is 20.8. The third-order valence-corrected chi connectivity index (χ3v) is 4.21. The van der Waals surface area contributed by atoms with E-state index < -0.39 is 0 Å². The number of likely N-dealkylation sites (tertiary alicyclic amines) is 1. The second-order valence-electron chi connectivity index (χ2n) is 7.20. The van der Waals surface area contributed by atoms with Crippen molar-refractivity contribution in [2.24, 2.45) is 5.92 Å². The van der Waals surface area contributed by atoms with E-state index in [0.29, 0.717) is 0 Å². The maximum atomic E-state index is 5.93. The molecule has 2 rings (SSSR count). The second kappa shape index (κ2) is 6.31. The van der Waals surface area contributed by atoms with Crippen molar-refractivity contribution in [3.63, 3.8) is 0 Å². The van der Waals surface area contributed by atoms with Gasteiger partial charge in [-0.15, -0.1) is 0 Å². The molecule has 1 aliphatic rings. The van der Waals surface area contributed by atoms with Crippen molar-refractivity contribution in [2.75, 3.05) is 13.1 Å². The van der Waals surface area contributed by atoms with Crippen molar-refractivity contribution in [3.8, 4) is 0 Å². The van der Waals surface area contributed by atoms with Crippen molar-refractivity contribution in [3.05, 3.63) is 23.2 Å². The first-order valence-corrected chi connectivity index (χ1v) is 7.93. The highest BCUT2D eigenvalue weighted by atomic mass is 16.3. The van der Waals surface area contributed by atoms with Gasteiger partial charge in [0, 0.05) is 24.2 Å². The summed E-state index contributed by atoms with van der Waals surface area (Å²) in [6.07, 6.45) is 2.64. The van der Waals surface area contributed by atoms with Gasteiger partial charge < -0.3 is 9.73 Å². The van der Waals surface area contributed by atoms with Gasteiger partial charge in [0.25, 0.3) is 0 Å². The number of furan rings is 1. The lowest BCUT2D eigenvalue weighted by Gasteiger charge is -2.20. The molecule has 1 atom stereocenters. The Hall–Kier alpha value is -0.800.